The number of ether oxygens (including phenoxy) is 4. The Hall–Kier alpha value is -3.51. The van der Waals surface area contributed by atoms with Crippen LogP contribution in [0.2, 0.25) is 5.02 Å². The lowest BCUT2D eigenvalue weighted by molar-refractivity contribution is 0.0472. The van der Waals surface area contributed by atoms with Crippen molar-refractivity contribution in [2.45, 2.75) is 20.1 Å². The Morgan fingerprint density at radius 2 is 1.47 bits per heavy atom. The van der Waals surface area contributed by atoms with Crippen LogP contribution < -0.4 is 14.2 Å². The first-order valence-electron chi connectivity index (χ1n) is 9.82. The van der Waals surface area contributed by atoms with E-state index in [9.17, 15) is 9.59 Å². The summed E-state index contributed by atoms with van der Waals surface area (Å²) in [6.07, 6.45) is 0. The Morgan fingerprint density at radius 1 is 0.781 bits per heavy atom. The van der Waals surface area contributed by atoms with Gasteiger partial charge in [-0.1, -0.05) is 41.9 Å². The molecule has 166 valence electrons. The highest BCUT2D eigenvalue weighted by Gasteiger charge is 2.15. The first-order valence-corrected chi connectivity index (χ1v) is 10.2. The van der Waals surface area contributed by atoms with Crippen LogP contribution >= 0.6 is 11.6 Å². The maximum Gasteiger partial charge on any atom is 0.338 e. The molecule has 6 nitrogen and oxygen atoms in total. The number of halogens is 1. The minimum absolute atomic E-state index is 0.0468. The van der Waals surface area contributed by atoms with Gasteiger partial charge in [-0.2, -0.15) is 0 Å². The molecule has 7 heteroatoms. The largest absolute Gasteiger partial charge is 0.496 e. The summed E-state index contributed by atoms with van der Waals surface area (Å²) in [5, 5.41) is 0.536. The molecule has 0 fully saturated rings. The van der Waals surface area contributed by atoms with Gasteiger partial charge in [-0.3, -0.25) is 4.79 Å². The van der Waals surface area contributed by atoms with Crippen LogP contribution in [0.3, 0.4) is 0 Å². The molecule has 0 atom stereocenters. The number of esters is 1. The molecular weight excluding hydrogens is 432 g/mol. The Bertz CT molecular complexity index is 1130. The second kappa shape index (κ2) is 10.7. The van der Waals surface area contributed by atoms with Gasteiger partial charge in [0, 0.05) is 21.7 Å². The molecular formula is C25H23ClO6. The SMILES string of the molecule is COc1cc(C(C)=O)ccc1COc1ccc(C(=O)OCc2ccccc2Cl)cc1OC. The van der Waals surface area contributed by atoms with Crippen molar-refractivity contribution >= 4 is 23.4 Å². The molecule has 0 saturated heterocycles. The minimum Gasteiger partial charge on any atom is -0.496 e. The monoisotopic (exact) mass is 454 g/mol. The van der Waals surface area contributed by atoms with Gasteiger partial charge in [0.2, 0.25) is 0 Å². The van der Waals surface area contributed by atoms with E-state index in [1.165, 1.54) is 21.1 Å². The van der Waals surface area contributed by atoms with E-state index in [1.807, 2.05) is 12.1 Å². The lowest BCUT2D eigenvalue weighted by atomic mass is 10.1. The van der Waals surface area contributed by atoms with Crippen LogP contribution in [0.5, 0.6) is 17.2 Å². The molecule has 0 saturated carbocycles. The van der Waals surface area contributed by atoms with Gasteiger partial charge in [0.1, 0.15) is 19.0 Å². The van der Waals surface area contributed by atoms with E-state index in [0.717, 1.165) is 11.1 Å². The molecule has 0 unspecified atom stereocenters. The smallest absolute Gasteiger partial charge is 0.338 e. The highest BCUT2D eigenvalue weighted by Crippen LogP contribution is 2.31. The van der Waals surface area contributed by atoms with E-state index in [0.29, 0.717) is 33.4 Å². The molecule has 3 aromatic rings. The van der Waals surface area contributed by atoms with E-state index in [-0.39, 0.29) is 19.0 Å². The normalized spacial score (nSPS) is 10.4. The van der Waals surface area contributed by atoms with E-state index >= 15 is 0 Å². The Morgan fingerprint density at radius 3 is 2.16 bits per heavy atom. The highest BCUT2D eigenvalue weighted by molar-refractivity contribution is 6.31. The van der Waals surface area contributed by atoms with Crippen LogP contribution in [0.1, 0.15) is 38.8 Å². The molecule has 0 bridgehead atoms. The topological polar surface area (TPSA) is 71.1 Å². The third-order valence-electron chi connectivity index (χ3n) is 4.79. The zero-order valence-corrected chi connectivity index (χ0v) is 18.8. The van der Waals surface area contributed by atoms with E-state index in [2.05, 4.69) is 0 Å². The van der Waals surface area contributed by atoms with Crippen molar-refractivity contribution in [3.63, 3.8) is 0 Å². The zero-order chi connectivity index (χ0) is 23.1. The van der Waals surface area contributed by atoms with Crippen LogP contribution in [0, 0.1) is 0 Å². The van der Waals surface area contributed by atoms with Crippen molar-refractivity contribution in [2.75, 3.05) is 14.2 Å². The summed E-state index contributed by atoms with van der Waals surface area (Å²) in [6, 6.07) is 17.1. The van der Waals surface area contributed by atoms with Crippen LogP contribution in [-0.2, 0) is 18.0 Å². The predicted molar refractivity (Wildman–Crippen MR) is 121 cm³/mol. The number of Topliss-reactive ketones (excluding diaryl/α,β-unsaturated/α-hetero) is 1. The van der Waals surface area contributed by atoms with Crippen molar-refractivity contribution in [2.24, 2.45) is 0 Å². The van der Waals surface area contributed by atoms with Crippen molar-refractivity contribution < 1.29 is 28.5 Å². The van der Waals surface area contributed by atoms with Gasteiger partial charge in [0.15, 0.2) is 17.3 Å². The van der Waals surface area contributed by atoms with Crippen molar-refractivity contribution in [1.29, 1.82) is 0 Å². The molecule has 0 amide bonds. The number of carbonyl (C=O) groups is 2. The fourth-order valence-corrected chi connectivity index (χ4v) is 3.18. The van der Waals surface area contributed by atoms with Gasteiger partial charge in [0.05, 0.1) is 19.8 Å². The molecule has 0 aromatic heterocycles. The van der Waals surface area contributed by atoms with Gasteiger partial charge in [-0.15, -0.1) is 0 Å². The number of ketones is 1. The molecule has 0 aliphatic carbocycles. The molecule has 0 aliphatic rings. The van der Waals surface area contributed by atoms with Crippen LogP contribution in [0.15, 0.2) is 60.7 Å². The third kappa shape index (κ3) is 5.59. The van der Waals surface area contributed by atoms with Gasteiger partial charge in [0.25, 0.3) is 0 Å². The molecule has 0 heterocycles. The van der Waals surface area contributed by atoms with E-state index in [4.69, 9.17) is 30.5 Å². The summed E-state index contributed by atoms with van der Waals surface area (Å²) in [5.41, 5.74) is 2.37. The Kier molecular flexibility index (Phi) is 7.73. The third-order valence-corrected chi connectivity index (χ3v) is 5.16. The van der Waals surface area contributed by atoms with Gasteiger partial charge in [-0.05, 0) is 37.3 Å². The first-order chi connectivity index (χ1) is 15.4. The standard InChI is InChI=1S/C25H23ClO6/c1-16(27)17-8-9-20(23(12-17)29-2)15-31-22-11-10-18(13-24(22)30-3)25(28)32-14-19-6-4-5-7-21(19)26/h4-13H,14-15H2,1-3H3. The quantitative estimate of drug-likeness (QED) is 0.314. The average molecular weight is 455 g/mol. The number of carbonyl (C=O) groups excluding carboxylic acids is 2. The molecule has 3 rings (SSSR count). The summed E-state index contributed by atoms with van der Waals surface area (Å²) in [7, 11) is 3.02. The van der Waals surface area contributed by atoms with Gasteiger partial charge in [-0.25, -0.2) is 4.79 Å². The van der Waals surface area contributed by atoms with Gasteiger partial charge < -0.3 is 18.9 Å². The van der Waals surface area contributed by atoms with Crippen molar-refractivity contribution in [1.82, 2.24) is 0 Å². The fraction of sp³-hybridized carbons (Fsp3) is 0.200. The number of benzene rings is 3. The molecule has 0 radical (unpaired) electrons. The number of rotatable bonds is 9. The second-order valence-corrected chi connectivity index (χ2v) is 7.31. The number of hydrogen-bond donors (Lipinski definition) is 0. The number of hydrogen-bond acceptors (Lipinski definition) is 6. The molecule has 0 aliphatic heterocycles. The van der Waals surface area contributed by atoms with E-state index < -0.39 is 5.97 Å². The molecule has 32 heavy (non-hydrogen) atoms. The minimum atomic E-state index is -0.503. The molecule has 0 N–H and O–H groups in total. The maximum absolute atomic E-state index is 12.5. The highest BCUT2D eigenvalue weighted by atomic mass is 35.5. The van der Waals surface area contributed by atoms with Crippen LogP contribution in [-0.4, -0.2) is 26.0 Å². The zero-order valence-electron chi connectivity index (χ0n) is 18.0. The first kappa shape index (κ1) is 23.2. The fourth-order valence-electron chi connectivity index (χ4n) is 2.99. The van der Waals surface area contributed by atoms with Crippen molar-refractivity contribution in [3.8, 4) is 17.2 Å². The van der Waals surface area contributed by atoms with Crippen molar-refractivity contribution in [3.05, 3.63) is 87.9 Å². The predicted octanol–water partition coefficient (Wildman–Crippen LogP) is 5.50. The van der Waals surface area contributed by atoms with E-state index in [1.54, 1.807) is 48.5 Å². The summed E-state index contributed by atoms with van der Waals surface area (Å²) in [5.74, 6) is 0.839. The lowest BCUT2D eigenvalue weighted by Crippen LogP contribution is -2.07. The molecule has 3 aromatic carbocycles. The average Bonchev–Trinajstić information content (AvgIpc) is 2.81. The lowest BCUT2D eigenvalue weighted by Gasteiger charge is -2.14. The summed E-state index contributed by atoms with van der Waals surface area (Å²) >= 11 is 6.10. The molecule has 0 spiro atoms. The van der Waals surface area contributed by atoms with Crippen LogP contribution in [0.4, 0.5) is 0 Å². The summed E-state index contributed by atoms with van der Waals surface area (Å²) in [6.45, 7) is 1.75. The van der Waals surface area contributed by atoms with Gasteiger partial charge >= 0.3 is 5.97 Å². The summed E-state index contributed by atoms with van der Waals surface area (Å²) < 4.78 is 22.0. The Labute approximate surface area is 191 Å². The number of methoxy groups -OCH3 is 2. The summed E-state index contributed by atoms with van der Waals surface area (Å²) in [4.78, 5) is 24.0. The second-order valence-electron chi connectivity index (χ2n) is 6.90. The van der Waals surface area contributed by atoms with Crippen LogP contribution in [0.25, 0.3) is 0 Å². The Balaban J connectivity index is 1.69. The maximum atomic E-state index is 12.5.